The predicted octanol–water partition coefficient (Wildman–Crippen LogP) is 0.204. The van der Waals surface area contributed by atoms with Gasteiger partial charge in [0.1, 0.15) is 10.8 Å². The van der Waals surface area contributed by atoms with Crippen molar-refractivity contribution in [2.75, 3.05) is 0 Å². The van der Waals surface area contributed by atoms with Crippen LogP contribution in [0, 0.1) is 6.92 Å². The first-order chi connectivity index (χ1) is 7.11. The van der Waals surface area contributed by atoms with E-state index in [1.54, 1.807) is 0 Å². The summed E-state index contributed by atoms with van der Waals surface area (Å²) in [5.74, 6) is -0.402. The highest BCUT2D eigenvalue weighted by Crippen LogP contribution is 2.07. The Hall–Kier alpha value is -1.63. The van der Waals surface area contributed by atoms with E-state index in [9.17, 15) is 4.79 Å². The molecule has 1 aromatic heterocycles. The van der Waals surface area contributed by atoms with Gasteiger partial charge in [0.2, 0.25) is 5.91 Å². The molecule has 0 unspecified atom stereocenters. The maximum absolute atomic E-state index is 11.2. The van der Waals surface area contributed by atoms with Crippen molar-refractivity contribution in [2.45, 2.75) is 19.9 Å². The Morgan fingerprint density at radius 3 is 3.07 bits per heavy atom. The Bertz CT molecular complexity index is 374. The summed E-state index contributed by atoms with van der Waals surface area (Å²) in [6.45, 7) is 2.26. The summed E-state index contributed by atoms with van der Waals surface area (Å²) >= 11 is 1.48. The summed E-state index contributed by atoms with van der Waals surface area (Å²) < 4.78 is 0. The summed E-state index contributed by atoms with van der Waals surface area (Å²) in [5, 5.41) is 16.3. The molecule has 0 radical (unpaired) electrons. The Balaban J connectivity index is 2.34. The number of amides is 1. The Kier molecular flexibility index (Phi) is 4.04. The number of rotatable bonds is 4. The van der Waals surface area contributed by atoms with Crippen LogP contribution in [0.15, 0.2) is 10.5 Å². The van der Waals surface area contributed by atoms with Gasteiger partial charge in [0.25, 0.3) is 0 Å². The van der Waals surface area contributed by atoms with Gasteiger partial charge in [-0.25, -0.2) is 4.98 Å². The summed E-state index contributed by atoms with van der Waals surface area (Å²) in [6, 6.07) is 0. The zero-order chi connectivity index (χ0) is 11.3. The lowest BCUT2D eigenvalue weighted by Gasteiger charge is -2.01. The average molecular weight is 228 g/mol. The Labute approximate surface area is 90.8 Å². The molecule has 0 fully saturated rings. The highest BCUT2D eigenvalue weighted by atomic mass is 32.1. The van der Waals surface area contributed by atoms with E-state index in [0.29, 0.717) is 6.54 Å². The van der Waals surface area contributed by atoms with Crippen LogP contribution in [0.2, 0.25) is 0 Å². The smallest absolute Gasteiger partial charge is 0.228 e. The van der Waals surface area contributed by atoms with Gasteiger partial charge < -0.3 is 16.3 Å². The molecule has 7 heteroatoms. The lowest BCUT2D eigenvalue weighted by Crippen LogP contribution is -2.28. The van der Waals surface area contributed by atoms with Crippen molar-refractivity contribution in [2.24, 2.45) is 10.9 Å². The van der Waals surface area contributed by atoms with E-state index in [1.807, 2.05) is 12.3 Å². The van der Waals surface area contributed by atoms with Gasteiger partial charge in [-0.3, -0.25) is 4.79 Å². The number of hydrogen-bond donors (Lipinski definition) is 3. The first kappa shape index (κ1) is 11.4. The van der Waals surface area contributed by atoms with Crippen molar-refractivity contribution in [3.63, 3.8) is 0 Å². The lowest BCUT2D eigenvalue weighted by atomic mass is 10.4. The van der Waals surface area contributed by atoms with Gasteiger partial charge in [0.05, 0.1) is 13.0 Å². The number of carbonyl (C=O) groups is 1. The van der Waals surface area contributed by atoms with Gasteiger partial charge in [-0.05, 0) is 6.92 Å². The van der Waals surface area contributed by atoms with Crippen molar-refractivity contribution < 1.29 is 10.0 Å². The number of amidine groups is 1. The number of oxime groups is 1. The number of thiazole rings is 1. The largest absolute Gasteiger partial charge is 0.409 e. The van der Waals surface area contributed by atoms with Crippen molar-refractivity contribution in [1.82, 2.24) is 10.3 Å². The third-order valence-electron chi connectivity index (χ3n) is 1.57. The predicted molar refractivity (Wildman–Crippen MR) is 56.7 cm³/mol. The van der Waals surface area contributed by atoms with Crippen molar-refractivity contribution in [3.8, 4) is 0 Å². The molecular weight excluding hydrogens is 216 g/mol. The second-order valence-electron chi connectivity index (χ2n) is 2.93. The van der Waals surface area contributed by atoms with Gasteiger partial charge in [-0.15, -0.1) is 11.3 Å². The second kappa shape index (κ2) is 5.30. The van der Waals surface area contributed by atoms with E-state index in [4.69, 9.17) is 10.9 Å². The Morgan fingerprint density at radius 2 is 2.53 bits per heavy atom. The molecule has 0 saturated heterocycles. The highest BCUT2D eigenvalue weighted by molar-refractivity contribution is 7.09. The molecule has 1 rings (SSSR count). The third kappa shape index (κ3) is 3.94. The van der Waals surface area contributed by atoms with Crippen molar-refractivity contribution >= 4 is 23.1 Å². The molecule has 0 saturated carbocycles. The molecule has 0 aliphatic carbocycles. The van der Waals surface area contributed by atoms with Crippen molar-refractivity contribution in [1.29, 1.82) is 0 Å². The molecule has 82 valence electrons. The number of nitrogens with one attached hydrogen (secondary N) is 1. The van der Waals surface area contributed by atoms with E-state index >= 15 is 0 Å². The van der Waals surface area contributed by atoms with Crippen LogP contribution in [0.3, 0.4) is 0 Å². The number of aryl methyl sites for hydroxylation is 1. The number of aromatic nitrogens is 1. The molecule has 0 aliphatic rings. The maximum Gasteiger partial charge on any atom is 0.228 e. The quantitative estimate of drug-likeness (QED) is 0.296. The normalized spacial score (nSPS) is 11.4. The molecule has 1 heterocycles. The first-order valence-electron chi connectivity index (χ1n) is 4.26. The fourth-order valence-electron chi connectivity index (χ4n) is 0.920. The van der Waals surface area contributed by atoms with E-state index < -0.39 is 0 Å². The van der Waals surface area contributed by atoms with Gasteiger partial charge in [-0.2, -0.15) is 0 Å². The molecule has 0 aromatic carbocycles. The number of nitrogens with zero attached hydrogens (tertiary/aromatic N) is 2. The minimum atomic E-state index is -0.293. The number of carbonyl (C=O) groups excluding carboxylic acids is 1. The molecule has 0 atom stereocenters. The minimum absolute atomic E-state index is 0.109. The molecule has 0 bridgehead atoms. The van der Waals surface area contributed by atoms with Crippen LogP contribution in [0.4, 0.5) is 0 Å². The standard InChI is InChI=1S/C8H12N4O2S/c1-5-4-15-8(11-5)3-10-7(13)2-6(9)12-14/h4,14H,2-3H2,1H3,(H2,9,12)(H,10,13). The van der Waals surface area contributed by atoms with Crippen LogP contribution in [-0.4, -0.2) is 21.9 Å². The fraction of sp³-hybridized carbons (Fsp3) is 0.375. The van der Waals surface area contributed by atoms with Crippen LogP contribution < -0.4 is 11.1 Å². The summed E-state index contributed by atoms with van der Waals surface area (Å²) in [4.78, 5) is 15.4. The Morgan fingerprint density at radius 1 is 1.80 bits per heavy atom. The molecule has 6 nitrogen and oxygen atoms in total. The van der Waals surface area contributed by atoms with Crippen LogP contribution in [0.25, 0.3) is 0 Å². The van der Waals surface area contributed by atoms with E-state index in [-0.39, 0.29) is 18.2 Å². The van der Waals surface area contributed by atoms with Gasteiger partial charge in [0, 0.05) is 11.1 Å². The first-order valence-corrected chi connectivity index (χ1v) is 5.14. The van der Waals surface area contributed by atoms with Crippen LogP contribution >= 0.6 is 11.3 Å². The van der Waals surface area contributed by atoms with Gasteiger partial charge >= 0.3 is 0 Å². The topological polar surface area (TPSA) is 101 Å². The zero-order valence-electron chi connectivity index (χ0n) is 8.23. The molecular formula is C8H12N4O2S. The highest BCUT2D eigenvalue weighted by Gasteiger charge is 2.05. The van der Waals surface area contributed by atoms with Gasteiger partial charge in [0.15, 0.2) is 0 Å². The summed E-state index contributed by atoms with van der Waals surface area (Å²) in [6.07, 6.45) is -0.110. The summed E-state index contributed by atoms with van der Waals surface area (Å²) in [5.41, 5.74) is 6.10. The molecule has 1 amide bonds. The number of hydrogen-bond acceptors (Lipinski definition) is 5. The molecule has 0 aliphatic heterocycles. The SMILES string of the molecule is Cc1csc(CNC(=O)C/C(N)=N/O)n1. The molecule has 15 heavy (non-hydrogen) atoms. The monoisotopic (exact) mass is 228 g/mol. The maximum atomic E-state index is 11.2. The zero-order valence-corrected chi connectivity index (χ0v) is 9.04. The minimum Gasteiger partial charge on any atom is -0.409 e. The van der Waals surface area contributed by atoms with Crippen molar-refractivity contribution in [3.05, 3.63) is 16.1 Å². The van der Waals surface area contributed by atoms with Crippen LogP contribution in [-0.2, 0) is 11.3 Å². The molecule has 4 N–H and O–H groups in total. The average Bonchev–Trinajstić information content (AvgIpc) is 2.61. The third-order valence-corrected chi connectivity index (χ3v) is 2.54. The fourth-order valence-corrected chi connectivity index (χ4v) is 1.63. The molecule has 1 aromatic rings. The van der Waals surface area contributed by atoms with E-state index in [2.05, 4.69) is 15.5 Å². The van der Waals surface area contributed by atoms with Gasteiger partial charge in [-0.1, -0.05) is 5.16 Å². The second-order valence-corrected chi connectivity index (χ2v) is 3.87. The van der Waals surface area contributed by atoms with Crippen LogP contribution in [0.1, 0.15) is 17.1 Å². The molecule has 0 spiro atoms. The van der Waals surface area contributed by atoms with E-state index in [0.717, 1.165) is 10.7 Å². The number of nitrogens with two attached hydrogens (primary N) is 1. The van der Waals surface area contributed by atoms with E-state index in [1.165, 1.54) is 11.3 Å². The summed E-state index contributed by atoms with van der Waals surface area (Å²) in [7, 11) is 0. The van der Waals surface area contributed by atoms with Crippen LogP contribution in [0.5, 0.6) is 0 Å². The lowest BCUT2D eigenvalue weighted by molar-refractivity contribution is -0.120.